The lowest BCUT2D eigenvalue weighted by Crippen LogP contribution is -2.23. The van der Waals surface area contributed by atoms with E-state index in [4.69, 9.17) is 0 Å². The minimum atomic E-state index is -0.227. The molecule has 4 aromatic rings. The van der Waals surface area contributed by atoms with Crippen molar-refractivity contribution in [2.45, 2.75) is 0 Å². The highest BCUT2D eigenvalue weighted by atomic mass is 79.9. The van der Waals surface area contributed by atoms with Crippen LogP contribution in [0.3, 0.4) is 0 Å². The molecule has 0 saturated carbocycles. The number of carbonyl (C=O) groups is 2. The summed E-state index contributed by atoms with van der Waals surface area (Å²) in [4.78, 5) is 27.3. The number of hydrogen-bond donors (Lipinski definition) is 1. The molecule has 4 nitrogen and oxygen atoms in total. The maximum absolute atomic E-state index is 13.3. The number of carbonyl (C=O) groups excluding carboxylic acids is 2. The Hall–Kier alpha value is -4.22. The van der Waals surface area contributed by atoms with Gasteiger partial charge in [0.05, 0.1) is 0 Å². The summed E-state index contributed by atoms with van der Waals surface area (Å²) in [6, 6.07) is 34.0. The molecule has 35 heavy (non-hydrogen) atoms. The van der Waals surface area contributed by atoms with E-state index in [0.717, 1.165) is 27.0 Å². The average molecular weight is 523 g/mol. The molecule has 0 spiro atoms. The molecule has 0 bridgehead atoms. The molecule has 1 N–H and O–H groups in total. The number of halogens is 1. The molecular weight excluding hydrogens is 500 g/mol. The Morgan fingerprint density at radius 3 is 1.97 bits per heavy atom. The fourth-order valence-corrected chi connectivity index (χ4v) is 3.89. The molecule has 0 heterocycles. The number of rotatable bonds is 7. The molecule has 0 aliphatic carbocycles. The summed E-state index contributed by atoms with van der Waals surface area (Å²) in [5, 5.41) is 2.83. The first kappa shape index (κ1) is 23.9. The lowest BCUT2D eigenvalue weighted by Gasteiger charge is -2.22. The van der Waals surface area contributed by atoms with Crippen LogP contribution in [-0.4, -0.2) is 11.8 Å². The van der Waals surface area contributed by atoms with Crippen LogP contribution in [0.15, 0.2) is 126 Å². The predicted molar refractivity (Wildman–Crippen MR) is 147 cm³/mol. The average Bonchev–Trinajstić information content (AvgIpc) is 2.88. The Morgan fingerprint density at radius 2 is 1.26 bits per heavy atom. The molecule has 4 aromatic carbocycles. The third-order valence-corrected chi connectivity index (χ3v) is 5.59. The molecular formula is C30H23BrN2O2. The number of nitrogens with zero attached hydrogens (tertiary/aromatic N) is 1. The lowest BCUT2D eigenvalue weighted by molar-refractivity contribution is -0.113. The fourth-order valence-electron chi connectivity index (χ4n) is 3.48. The highest BCUT2D eigenvalue weighted by molar-refractivity contribution is 9.10. The summed E-state index contributed by atoms with van der Waals surface area (Å²) in [6.45, 7) is 0. The normalized spacial score (nSPS) is 11.0. The van der Waals surface area contributed by atoms with Crippen LogP contribution in [-0.2, 0) is 9.59 Å². The van der Waals surface area contributed by atoms with Crippen molar-refractivity contribution in [2.75, 3.05) is 10.2 Å². The van der Waals surface area contributed by atoms with Crippen LogP contribution >= 0.6 is 15.9 Å². The van der Waals surface area contributed by atoms with Gasteiger partial charge in [-0.25, -0.2) is 0 Å². The van der Waals surface area contributed by atoms with E-state index in [1.165, 1.54) is 6.08 Å². The molecule has 0 aliphatic rings. The van der Waals surface area contributed by atoms with Crippen molar-refractivity contribution >= 4 is 57.0 Å². The molecule has 4 rings (SSSR count). The predicted octanol–water partition coefficient (Wildman–Crippen LogP) is 7.48. The molecule has 0 aliphatic heterocycles. The standard InChI is InChI=1S/C30H23BrN2O2/c31-25-11-7-9-23(21-25)18-20-30(35)33(27-14-5-2-6-15-27)28-16-8-10-24(22-28)17-19-29(34)32-26-12-3-1-4-13-26/h1-22H,(H,32,34). The zero-order valence-corrected chi connectivity index (χ0v) is 20.4. The molecule has 172 valence electrons. The van der Waals surface area contributed by atoms with Crippen molar-refractivity contribution in [3.05, 3.63) is 137 Å². The van der Waals surface area contributed by atoms with Gasteiger partial charge >= 0.3 is 0 Å². The summed E-state index contributed by atoms with van der Waals surface area (Å²) in [5.74, 6) is -0.409. The van der Waals surface area contributed by atoms with Crippen LogP contribution in [0.2, 0.25) is 0 Å². The van der Waals surface area contributed by atoms with E-state index in [-0.39, 0.29) is 11.8 Å². The minimum absolute atomic E-state index is 0.181. The molecule has 0 saturated heterocycles. The molecule has 0 atom stereocenters. The maximum Gasteiger partial charge on any atom is 0.255 e. The van der Waals surface area contributed by atoms with Crippen LogP contribution < -0.4 is 10.2 Å². The van der Waals surface area contributed by atoms with E-state index in [2.05, 4.69) is 21.2 Å². The second-order valence-electron chi connectivity index (χ2n) is 7.68. The van der Waals surface area contributed by atoms with Gasteiger partial charge in [-0.3, -0.25) is 14.5 Å². The first-order chi connectivity index (χ1) is 17.1. The summed E-state index contributed by atoms with van der Waals surface area (Å²) in [6.07, 6.45) is 6.56. The van der Waals surface area contributed by atoms with Crippen molar-refractivity contribution in [1.29, 1.82) is 0 Å². The minimum Gasteiger partial charge on any atom is -0.323 e. The quantitative estimate of drug-likeness (QED) is 0.256. The Kier molecular flexibility index (Phi) is 8.04. The summed E-state index contributed by atoms with van der Waals surface area (Å²) in [7, 11) is 0. The first-order valence-electron chi connectivity index (χ1n) is 11.1. The third kappa shape index (κ3) is 6.88. The van der Waals surface area contributed by atoms with E-state index in [0.29, 0.717) is 5.69 Å². The lowest BCUT2D eigenvalue weighted by atomic mass is 10.1. The van der Waals surface area contributed by atoms with Crippen LogP contribution in [0.1, 0.15) is 11.1 Å². The largest absolute Gasteiger partial charge is 0.323 e. The monoisotopic (exact) mass is 522 g/mol. The van der Waals surface area contributed by atoms with Crippen LogP contribution in [0.4, 0.5) is 17.1 Å². The maximum atomic E-state index is 13.3. The number of nitrogens with one attached hydrogen (secondary N) is 1. The van der Waals surface area contributed by atoms with Crippen molar-refractivity contribution < 1.29 is 9.59 Å². The van der Waals surface area contributed by atoms with Gasteiger partial charge in [0.25, 0.3) is 5.91 Å². The number of anilines is 3. The van der Waals surface area contributed by atoms with E-state index in [1.54, 1.807) is 23.1 Å². The Morgan fingerprint density at radius 1 is 0.657 bits per heavy atom. The van der Waals surface area contributed by atoms with Crippen molar-refractivity contribution in [1.82, 2.24) is 0 Å². The van der Waals surface area contributed by atoms with Gasteiger partial charge in [-0.2, -0.15) is 0 Å². The van der Waals surface area contributed by atoms with E-state index >= 15 is 0 Å². The molecule has 0 aromatic heterocycles. The zero-order valence-electron chi connectivity index (χ0n) is 18.8. The molecule has 5 heteroatoms. The summed E-state index contributed by atoms with van der Waals surface area (Å²) in [5.41, 5.74) is 3.90. The van der Waals surface area contributed by atoms with Gasteiger partial charge in [-0.05, 0) is 71.8 Å². The van der Waals surface area contributed by atoms with E-state index in [9.17, 15) is 9.59 Å². The third-order valence-electron chi connectivity index (χ3n) is 5.10. The van der Waals surface area contributed by atoms with Crippen LogP contribution in [0.5, 0.6) is 0 Å². The molecule has 0 fully saturated rings. The van der Waals surface area contributed by atoms with E-state index in [1.807, 2.05) is 109 Å². The van der Waals surface area contributed by atoms with Crippen molar-refractivity contribution in [2.24, 2.45) is 0 Å². The molecule has 2 amide bonds. The molecule has 0 unspecified atom stereocenters. The van der Waals surface area contributed by atoms with E-state index < -0.39 is 0 Å². The Labute approximate surface area is 213 Å². The molecule has 0 radical (unpaired) electrons. The Bertz CT molecular complexity index is 1370. The first-order valence-corrected chi connectivity index (χ1v) is 11.8. The number of amides is 2. The summed E-state index contributed by atoms with van der Waals surface area (Å²) < 4.78 is 0.947. The van der Waals surface area contributed by atoms with Gasteiger partial charge < -0.3 is 5.32 Å². The highest BCUT2D eigenvalue weighted by Gasteiger charge is 2.16. The smallest absolute Gasteiger partial charge is 0.255 e. The zero-order chi connectivity index (χ0) is 24.5. The SMILES string of the molecule is O=C(C=Cc1cccc(N(C(=O)C=Cc2cccc(Br)c2)c2ccccc2)c1)Nc1ccccc1. The topological polar surface area (TPSA) is 49.4 Å². The highest BCUT2D eigenvalue weighted by Crippen LogP contribution is 2.27. The van der Waals surface area contributed by atoms with Gasteiger partial charge in [0.2, 0.25) is 5.91 Å². The van der Waals surface area contributed by atoms with Crippen molar-refractivity contribution in [3.8, 4) is 0 Å². The van der Waals surface area contributed by atoms with Gasteiger partial charge in [0.1, 0.15) is 0 Å². The summed E-state index contributed by atoms with van der Waals surface area (Å²) >= 11 is 3.46. The second kappa shape index (κ2) is 11.8. The number of hydrogen-bond acceptors (Lipinski definition) is 2. The van der Waals surface area contributed by atoms with Gasteiger partial charge in [0.15, 0.2) is 0 Å². The van der Waals surface area contributed by atoms with Gasteiger partial charge in [-0.15, -0.1) is 0 Å². The van der Waals surface area contributed by atoms with Gasteiger partial charge in [0, 0.05) is 33.7 Å². The second-order valence-corrected chi connectivity index (χ2v) is 8.60. The number of para-hydroxylation sites is 2. The van der Waals surface area contributed by atoms with Crippen LogP contribution in [0, 0.1) is 0 Å². The fraction of sp³-hybridized carbons (Fsp3) is 0. The van der Waals surface area contributed by atoms with Gasteiger partial charge in [-0.1, -0.05) is 76.6 Å². The number of benzene rings is 4. The van der Waals surface area contributed by atoms with Crippen LogP contribution in [0.25, 0.3) is 12.2 Å². The Balaban J connectivity index is 1.57. The van der Waals surface area contributed by atoms with Crippen molar-refractivity contribution in [3.63, 3.8) is 0 Å².